The third-order valence-electron chi connectivity index (χ3n) is 7.60. The highest BCUT2D eigenvalue weighted by Crippen LogP contribution is 2.38. The average Bonchev–Trinajstić information content (AvgIpc) is 2.79. The molecule has 5 nitrogen and oxygen atoms in total. The fourth-order valence-corrected chi connectivity index (χ4v) is 5.49. The van der Waals surface area contributed by atoms with Crippen LogP contribution < -0.4 is 0 Å². The highest BCUT2D eigenvalue weighted by molar-refractivity contribution is 5.80. The largest absolute Gasteiger partial charge is 0.461 e. The zero-order chi connectivity index (χ0) is 21.4. The molecule has 0 atom stereocenters. The van der Waals surface area contributed by atoms with E-state index in [4.69, 9.17) is 14.2 Å². The minimum absolute atomic E-state index is 0.0630. The lowest BCUT2D eigenvalue weighted by atomic mass is 9.79. The van der Waals surface area contributed by atoms with Crippen molar-refractivity contribution in [2.75, 3.05) is 13.2 Å². The molecule has 1 heterocycles. The molecule has 0 aromatic rings. The number of hydrogen-bond acceptors (Lipinski definition) is 5. The summed E-state index contributed by atoms with van der Waals surface area (Å²) in [6, 6.07) is 2.17. The molecule has 1 saturated heterocycles. The number of nitrogens with zero attached hydrogens (tertiary/aromatic N) is 1. The molecule has 5 heteroatoms. The molecule has 0 aromatic heterocycles. The summed E-state index contributed by atoms with van der Waals surface area (Å²) in [5, 5.41) is 9.76. The second-order valence-corrected chi connectivity index (χ2v) is 9.94. The smallest absolute Gasteiger partial charge is 0.331 e. The van der Waals surface area contributed by atoms with Gasteiger partial charge in [0.2, 0.25) is 5.41 Å². The van der Waals surface area contributed by atoms with Crippen LogP contribution in [0.15, 0.2) is 0 Å². The number of rotatable bonds is 8. The second-order valence-electron chi connectivity index (χ2n) is 9.94. The lowest BCUT2D eigenvalue weighted by molar-refractivity contribution is -0.247. The zero-order valence-electron chi connectivity index (χ0n) is 19.1. The Morgan fingerprint density at radius 3 is 2.10 bits per heavy atom. The fourth-order valence-electron chi connectivity index (χ4n) is 5.49. The van der Waals surface area contributed by atoms with Crippen molar-refractivity contribution in [3.05, 3.63) is 0 Å². The zero-order valence-corrected chi connectivity index (χ0v) is 19.1. The van der Waals surface area contributed by atoms with Crippen LogP contribution in [0.1, 0.15) is 97.3 Å². The summed E-state index contributed by atoms with van der Waals surface area (Å²) in [7, 11) is 0. The van der Waals surface area contributed by atoms with Gasteiger partial charge in [-0.1, -0.05) is 46.0 Å². The van der Waals surface area contributed by atoms with E-state index in [0.29, 0.717) is 5.92 Å². The predicted molar refractivity (Wildman–Crippen MR) is 115 cm³/mol. The minimum atomic E-state index is -1.31. The molecule has 1 aliphatic heterocycles. The van der Waals surface area contributed by atoms with Gasteiger partial charge in [-0.15, -0.1) is 0 Å². The topological polar surface area (TPSA) is 68.5 Å². The van der Waals surface area contributed by atoms with Crippen molar-refractivity contribution in [3.8, 4) is 6.07 Å². The third kappa shape index (κ3) is 5.98. The van der Waals surface area contributed by atoms with Gasteiger partial charge in [-0.05, 0) is 63.2 Å². The molecule has 2 aliphatic carbocycles. The molecule has 170 valence electrons. The summed E-state index contributed by atoms with van der Waals surface area (Å²) in [6.45, 7) is 4.65. The Labute approximate surface area is 182 Å². The molecular formula is C25H41NO4. The predicted octanol–water partition coefficient (Wildman–Crippen LogP) is 5.77. The quantitative estimate of drug-likeness (QED) is 0.467. The highest BCUT2D eigenvalue weighted by atomic mass is 16.7. The van der Waals surface area contributed by atoms with Crippen molar-refractivity contribution in [2.45, 2.75) is 110 Å². The molecule has 2 saturated carbocycles. The van der Waals surface area contributed by atoms with Crippen LogP contribution in [0.3, 0.4) is 0 Å². The number of carbonyl (C=O) groups is 1. The molecule has 0 aromatic carbocycles. The lowest BCUT2D eigenvalue weighted by Crippen LogP contribution is -2.50. The number of unbranched alkanes of at least 4 members (excludes halogenated alkanes) is 1. The average molecular weight is 420 g/mol. The van der Waals surface area contributed by atoms with E-state index in [1.807, 2.05) is 0 Å². The van der Waals surface area contributed by atoms with Crippen molar-refractivity contribution in [1.29, 1.82) is 5.26 Å². The molecule has 0 unspecified atom stereocenters. The standard InChI is InChI=1S/C25H41NO4/c1-3-5-7-20-8-12-21(13-9-20)23-28-17-25(16-26,18-29-23)24(27)30-22-14-10-19(6-4-2)11-15-22/h19-23H,3-15,17-18H2,1-2H3. The maximum absolute atomic E-state index is 12.8. The van der Waals surface area contributed by atoms with Crippen molar-refractivity contribution in [3.63, 3.8) is 0 Å². The number of ether oxygens (including phenoxy) is 3. The SMILES string of the molecule is CCCCC1CCC(C2OCC(C#N)(C(=O)OC3CCC(CCC)CC3)CO2)CC1. The summed E-state index contributed by atoms with van der Waals surface area (Å²) >= 11 is 0. The van der Waals surface area contributed by atoms with Crippen LogP contribution in [0.4, 0.5) is 0 Å². The first-order valence-corrected chi connectivity index (χ1v) is 12.5. The summed E-state index contributed by atoms with van der Waals surface area (Å²) < 4.78 is 17.7. The van der Waals surface area contributed by atoms with Crippen molar-refractivity contribution in [2.24, 2.45) is 23.2 Å². The number of nitriles is 1. The van der Waals surface area contributed by atoms with E-state index in [0.717, 1.165) is 50.4 Å². The molecule has 0 bridgehead atoms. The van der Waals surface area contributed by atoms with E-state index >= 15 is 0 Å². The van der Waals surface area contributed by atoms with Crippen LogP contribution in [0, 0.1) is 34.5 Å². The van der Waals surface area contributed by atoms with E-state index in [-0.39, 0.29) is 25.6 Å². The molecule has 0 radical (unpaired) electrons. The summed E-state index contributed by atoms with van der Waals surface area (Å²) in [5.41, 5.74) is -1.31. The normalized spacial score (nSPS) is 37.3. The number of hydrogen-bond donors (Lipinski definition) is 0. The van der Waals surface area contributed by atoms with Crippen LogP contribution in [0.25, 0.3) is 0 Å². The van der Waals surface area contributed by atoms with Crippen LogP contribution in [-0.4, -0.2) is 31.6 Å². The first kappa shape index (κ1) is 23.5. The van der Waals surface area contributed by atoms with E-state index < -0.39 is 11.4 Å². The fraction of sp³-hybridized carbons (Fsp3) is 0.920. The lowest BCUT2D eigenvalue weighted by Gasteiger charge is -2.40. The van der Waals surface area contributed by atoms with Gasteiger partial charge in [-0.3, -0.25) is 4.79 Å². The van der Waals surface area contributed by atoms with Gasteiger partial charge in [0.25, 0.3) is 0 Å². The Balaban J connectivity index is 1.43. The van der Waals surface area contributed by atoms with Gasteiger partial charge in [0.15, 0.2) is 6.29 Å². The van der Waals surface area contributed by atoms with Crippen LogP contribution in [0.2, 0.25) is 0 Å². The first-order valence-electron chi connectivity index (χ1n) is 12.5. The third-order valence-corrected chi connectivity index (χ3v) is 7.60. The maximum Gasteiger partial charge on any atom is 0.331 e. The van der Waals surface area contributed by atoms with E-state index in [1.165, 1.54) is 44.9 Å². The molecule has 30 heavy (non-hydrogen) atoms. The van der Waals surface area contributed by atoms with Gasteiger partial charge in [-0.2, -0.15) is 5.26 Å². The molecule has 0 N–H and O–H groups in total. The Morgan fingerprint density at radius 2 is 1.53 bits per heavy atom. The maximum atomic E-state index is 12.8. The van der Waals surface area contributed by atoms with Crippen LogP contribution in [-0.2, 0) is 19.0 Å². The van der Waals surface area contributed by atoms with Crippen LogP contribution >= 0.6 is 0 Å². The second kappa shape index (κ2) is 11.5. The number of esters is 1. The van der Waals surface area contributed by atoms with Gasteiger partial charge in [0.1, 0.15) is 6.10 Å². The van der Waals surface area contributed by atoms with Crippen molar-refractivity contribution >= 4 is 5.97 Å². The minimum Gasteiger partial charge on any atom is -0.461 e. The Morgan fingerprint density at radius 1 is 0.933 bits per heavy atom. The van der Waals surface area contributed by atoms with Crippen LogP contribution in [0.5, 0.6) is 0 Å². The van der Waals surface area contributed by atoms with Gasteiger partial charge in [0, 0.05) is 5.92 Å². The van der Waals surface area contributed by atoms with E-state index in [1.54, 1.807) is 0 Å². The van der Waals surface area contributed by atoms with Gasteiger partial charge in [0.05, 0.1) is 19.3 Å². The first-order chi connectivity index (χ1) is 14.6. The van der Waals surface area contributed by atoms with E-state index in [2.05, 4.69) is 19.9 Å². The Bertz CT molecular complexity index is 562. The Kier molecular flexibility index (Phi) is 9.01. The summed E-state index contributed by atoms with van der Waals surface area (Å²) in [4.78, 5) is 12.8. The van der Waals surface area contributed by atoms with Crippen molar-refractivity contribution in [1.82, 2.24) is 0 Å². The van der Waals surface area contributed by atoms with E-state index in [9.17, 15) is 10.1 Å². The molecule has 0 amide bonds. The molecule has 3 rings (SSSR count). The molecule has 0 spiro atoms. The monoisotopic (exact) mass is 419 g/mol. The Hall–Kier alpha value is -1.12. The molecular weight excluding hydrogens is 378 g/mol. The molecule has 3 fully saturated rings. The van der Waals surface area contributed by atoms with Crippen molar-refractivity contribution < 1.29 is 19.0 Å². The van der Waals surface area contributed by atoms with Gasteiger partial charge < -0.3 is 14.2 Å². The number of carbonyl (C=O) groups excluding carboxylic acids is 1. The summed E-state index contributed by atoms with van der Waals surface area (Å²) in [6.07, 6.45) is 14.8. The van der Waals surface area contributed by atoms with Gasteiger partial charge in [-0.25, -0.2) is 0 Å². The molecule has 3 aliphatic rings. The van der Waals surface area contributed by atoms with Gasteiger partial charge >= 0.3 is 5.97 Å². The highest BCUT2D eigenvalue weighted by Gasteiger charge is 2.48. The summed E-state index contributed by atoms with van der Waals surface area (Å²) in [5.74, 6) is 1.52.